The summed E-state index contributed by atoms with van der Waals surface area (Å²) >= 11 is 0. The van der Waals surface area contributed by atoms with E-state index in [1.807, 2.05) is 7.05 Å². The van der Waals surface area contributed by atoms with Gasteiger partial charge in [-0.3, -0.25) is 4.99 Å². The Labute approximate surface area is 139 Å². The van der Waals surface area contributed by atoms with E-state index in [0.717, 1.165) is 51.3 Å². The molecule has 1 saturated carbocycles. The van der Waals surface area contributed by atoms with E-state index in [2.05, 4.69) is 15.2 Å². The van der Waals surface area contributed by atoms with Crippen molar-refractivity contribution in [2.24, 2.45) is 16.8 Å². The standard InChI is InChI=1S/C14H27N3O2.HI/c1-15-14(16-6-8-19-11-12-3-4-12)17-7-5-13(9-17)10-18-2;/h12-13H,3-11H2,1-2H3,(H,15,16);1H. The number of ether oxygens (including phenoxy) is 2. The van der Waals surface area contributed by atoms with E-state index in [1.54, 1.807) is 7.11 Å². The average Bonchev–Trinajstić information content (AvgIpc) is 3.13. The number of guanidine groups is 1. The number of hydrogen-bond acceptors (Lipinski definition) is 3. The predicted octanol–water partition coefficient (Wildman–Crippen LogP) is 1.57. The fourth-order valence-electron chi connectivity index (χ4n) is 2.50. The second-order valence-corrected chi connectivity index (χ2v) is 5.55. The summed E-state index contributed by atoms with van der Waals surface area (Å²) in [4.78, 5) is 6.65. The number of halogens is 1. The molecule has 6 heteroatoms. The van der Waals surface area contributed by atoms with E-state index < -0.39 is 0 Å². The lowest BCUT2D eigenvalue weighted by molar-refractivity contribution is 0.128. The first-order chi connectivity index (χ1) is 9.33. The van der Waals surface area contributed by atoms with E-state index in [1.165, 1.54) is 19.3 Å². The van der Waals surface area contributed by atoms with E-state index >= 15 is 0 Å². The number of hydrogen-bond donors (Lipinski definition) is 1. The van der Waals surface area contributed by atoms with Gasteiger partial charge in [0.2, 0.25) is 0 Å². The summed E-state index contributed by atoms with van der Waals surface area (Å²) < 4.78 is 10.8. The Morgan fingerprint density at radius 1 is 1.25 bits per heavy atom. The summed E-state index contributed by atoms with van der Waals surface area (Å²) in [7, 11) is 3.62. The van der Waals surface area contributed by atoms with Gasteiger partial charge in [0.05, 0.1) is 13.2 Å². The molecule has 2 fully saturated rings. The number of rotatable bonds is 7. The molecule has 1 aliphatic heterocycles. The normalized spacial score (nSPS) is 22.8. The van der Waals surface area contributed by atoms with Gasteiger partial charge in [-0.15, -0.1) is 24.0 Å². The van der Waals surface area contributed by atoms with Crippen LogP contribution in [0.1, 0.15) is 19.3 Å². The number of aliphatic imine (C=N–C) groups is 1. The lowest BCUT2D eigenvalue weighted by atomic mass is 10.1. The molecule has 1 saturated heterocycles. The Kier molecular flexibility index (Phi) is 8.79. The van der Waals surface area contributed by atoms with Crippen LogP contribution in [0, 0.1) is 11.8 Å². The first-order valence-corrected chi connectivity index (χ1v) is 7.35. The Bertz CT molecular complexity index is 298. The van der Waals surface area contributed by atoms with Gasteiger partial charge in [0.15, 0.2) is 5.96 Å². The molecule has 1 heterocycles. The molecular formula is C14H28IN3O2. The molecule has 0 spiro atoms. The molecule has 0 amide bonds. The molecule has 20 heavy (non-hydrogen) atoms. The van der Waals surface area contributed by atoms with Gasteiger partial charge in [-0.05, 0) is 25.2 Å². The zero-order chi connectivity index (χ0) is 13.5. The number of nitrogens with zero attached hydrogens (tertiary/aromatic N) is 2. The topological polar surface area (TPSA) is 46.1 Å². The van der Waals surface area contributed by atoms with Crippen LogP contribution in [0.5, 0.6) is 0 Å². The third-order valence-corrected chi connectivity index (χ3v) is 3.78. The molecule has 5 nitrogen and oxygen atoms in total. The van der Waals surface area contributed by atoms with Crippen LogP contribution in [0.15, 0.2) is 4.99 Å². The van der Waals surface area contributed by atoms with Gasteiger partial charge in [-0.1, -0.05) is 0 Å². The van der Waals surface area contributed by atoms with Crippen molar-refractivity contribution in [1.29, 1.82) is 0 Å². The molecule has 118 valence electrons. The highest BCUT2D eigenvalue weighted by Gasteiger charge is 2.24. The molecule has 0 radical (unpaired) electrons. The summed E-state index contributed by atoms with van der Waals surface area (Å²) in [6, 6.07) is 0. The van der Waals surface area contributed by atoms with Crippen LogP contribution in [0.4, 0.5) is 0 Å². The van der Waals surface area contributed by atoms with Crippen LogP contribution in [0.25, 0.3) is 0 Å². The molecule has 0 bridgehead atoms. The summed E-state index contributed by atoms with van der Waals surface area (Å²) in [5.41, 5.74) is 0. The summed E-state index contributed by atoms with van der Waals surface area (Å²) in [6.45, 7) is 5.49. The van der Waals surface area contributed by atoms with Gasteiger partial charge in [-0.25, -0.2) is 0 Å². The van der Waals surface area contributed by atoms with E-state index in [0.29, 0.717) is 5.92 Å². The van der Waals surface area contributed by atoms with Crippen molar-refractivity contribution in [2.75, 3.05) is 53.6 Å². The summed E-state index contributed by atoms with van der Waals surface area (Å²) in [5, 5.41) is 3.38. The van der Waals surface area contributed by atoms with Crippen LogP contribution in [0.3, 0.4) is 0 Å². The van der Waals surface area contributed by atoms with Crippen molar-refractivity contribution < 1.29 is 9.47 Å². The highest BCUT2D eigenvalue weighted by atomic mass is 127. The van der Waals surface area contributed by atoms with Gasteiger partial charge >= 0.3 is 0 Å². The highest BCUT2D eigenvalue weighted by molar-refractivity contribution is 14.0. The van der Waals surface area contributed by atoms with Crippen molar-refractivity contribution in [3.63, 3.8) is 0 Å². The fraction of sp³-hybridized carbons (Fsp3) is 0.929. The highest BCUT2D eigenvalue weighted by Crippen LogP contribution is 2.28. The Morgan fingerprint density at radius 2 is 2.05 bits per heavy atom. The molecule has 2 rings (SSSR count). The largest absolute Gasteiger partial charge is 0.384 e. The predicted molar refractivity (Wildman–Crippen MR) is 91.9 cm³/mol. The maximum absolute atomic E-state index is 5.62. The van der Waals surface area contributed by atoms with Crippen LogP contribution in [-0.4, -0.2) is 64.5 Å². The third-order valence-electron chi connectivity index (χ3n) is 3.78. The Balaban J connectivity index is 0.00000200. The molecule has 1 N–H and O–H groups in total. The Morgan fingerprint density at radius 3 is 2.70 bits per heavy atom. The first-order valence-electron chi connectivity index (χ1n) is 7.35. The van der Waals surface area contributed by atoms with Gasteiger partial charge < -0.3 is 19.7 Å². The maximum atomic E-state index is 5.62. The van der Waals surface area contributed by atoms with Crippen molar-refractivity contribution in [3.05, 3.63) is 0 Å². The van der Waals surface area contributed by atoms with Crippen LogP contribution in [-0.2, 0) is 9.47 Å². The van der Waals surface area contributed by atoms with Gasteiger partial charge in [0.1, 0.15) is 0 Å². The average molecular weight is 397 g/mol. The van der Waals surface area contributed by atoms with Crippen LogP contribution < -0.4 is 5.32 Å². The lowest BCUT2D eigenvalue weighted by Gasteiger charge is -2.21. The van der Waals surface area contributed by atoms with E-state index in [4.69, 9.17) is 9.47 Å². The van der Waals surface area contributed by atoms with Crippen LogP contribution in [0.2, 0.25) is 0 Å². The minimum Gasteiger partial charge on any atom is -0.384 e. The molecule has 1 unspecified atom stereocenters. The molecule has 2 aliphatic rings. The second-order valence-electron chi connectivity index (χ2n) is 5.55. The SMILES string of the molecule is CN=C(NCCOCC1CC1)N1CCC(COC)C1.I. The monoisotopic (exact) mass is 397 g/mol. The van der Waals surface area contributed by atoms with Crippen molar-refractivity contribution in [1.82, 2.24) is 10.2 Å². The van der Waals surface area contributed by atoms with E-state index in [9.17, 15) is 0 Å². The molecule has 0 aromatic heterocycles. The van der Waals surface area contributed by atoms with Crippen molar-refractivity contribution >= 4 is 29.9 Å². The Hall–Kier alpha value is -0.0800. The second kappa shape index (κ2) is 9.78. The minimum atomic E-state index is 0. The molecular weight excluding hydrogens is 369 g/mol. The number of likely N-dealkylation sites (tertiary alicyclic amines) is 1. The number of nitrogens with one attached hydrogen (secondary N) is 1. The quantitative estimate of drug-likeness (QED) is 0.307. The van der Waals surface area contributed by atoms with Crippen LogP contribution >= 0.6 is 24.0 Å². The van der Waals surface area contributed by atoms with Gasteiger partial charge in [0.25, 0.3) is 0 Å². The molecule has 1 atom stereocenters. The zero-order valence-electron chi connectivity index (χ0n) is 12.6. The van der Waals surface area contributed by atoms with Crippen molar-refractivity contribution in [3.8, 4) is 0 Å². The lowest BCUT2D eigenvalue weighted by Crippen LogP contribution is -2.41. The molecule has 0 aromatic carbocycles. The summed E-state index contributed by atoms with van der Waals surface area (Å²) in [5.74, 6) is 2.47. The fourth-order valence-corrected chi connectivity index (χ4v) is 2.50. The minimum absolute atomic E-state index is 0. The van der Waals surface area contributed by atoms with E-state index in [-0.39, 0.29) is 24.0 Å². The molecule has 0 aromatic rings. The van der Waals surface area contributed by atoms with Gasteiger partial charge in [0, 0.05) is 46.3 Å². The number of methoxy groups -OCH3 is 1. The third kappa shape index (κ3) is 6.13. The van der Waals surface area contributed by atoms with Gasteiger partial charge in [-0.2, -0.15) is 0 Å². The maximum Gasteiger partial charge on any atom is 0.193 e. The smallest absolute Gasteiger partial charge is 0.193 e. The molecule has 1 aliphatic carbocycles. The first kappa shape index (κ1) is 18.0. The summed E-state index contributed by atoms with van der Waals surface area (Å²) in [6.07, 6.45) is 3.89. The zero-order valence-corrected chi connectivity index (χ0v) is 15.0. The van der Waals surface area contributed by atoms with Crippen molar-refractivity contribution in [2.45, 2.75) is 19.3 Å².